The molecule has 0 aliphatic carbocycles. The van der Waals surface area contributed by atoms with Gasteiger partial charge in [-0.05, 0) is 37.7 Å². The molecule has 4 heteroatoms. The molecule has 0 amide bonds. The molecular weight excluding hydrogens is 236 g/mol. The van der Waals surface area contributed by atoms with E-state index in [9.17, 15) is 0 Å². The first-order chi connectivity index (χ1) is 9.17. The maximum Gasteiger partial charge on any atom is 0.0564 e. The van der Waals surface area contributed by atoms with Crippen molar-refractivity contribution in [2.24, 2.45) is 0 Å². The minimum Gasteiger partial charge on any atom is -0.399 e. The maximum absolute atomic E-state index is 5.78. The first-order valence-corrected chi connectivity index (χ1v) is 6.52. The predicted molar refractivity (Wildman–Crippen MR) is 77.4 cm³/mol. The van der Waals surface area contributed by atoms with Gasteiger partial charge in [0.25, 0.3) is 0 Å². The molecule has 0 radical (unpaired) electrons. The summed E-state index contributed by atoms with van der Waals surface area (Å²) in [6.07, 6.45) is 1.75. The van der Waals surface area contributed by atoms with E-state index in [1.54, 1.807) is 6.20 Å². The molecule has 2 aromatic rings. The Morgan fingerprint density at radius 1 is 1.16 bits per heavy atom. The molecule has 0 aromatic carbocycles. The third-order valence-electron chi connectivity index (χ3n) is 3.01. The van der Waals surface area contributed by atoms with Gasteiger partial charge in [0, 0.05) is 30.7 Å². The Morgan fingerprint density at radius 2 is 1.95 bits per heavy atom. The number of hydrogen-bond donors (Lipinski definition) is 1. The van der Waals surface area contributed by atoms with Gasteiger partial charge in [0.05, 0.1) is 11.4 Å². The molecule has 0 bridgehead atoms. The van der Waals surface area contributed by atoms with E-state index >= 15 is 0 Å². The Hall–Kier alpha value is -1.94. The molecular formula is C15H20N4. The van der Waals surface area contributed by atoms with E-state index in [4.69, 9.17) is 5.73 Å². The van der Waals surface area contributed by atoms with Gasteiger partial charge in [-0.15, -0.1) is 0 Å². The monoisotopic (exact) mass is 256 g/mol. The van der Waals surface area contributed by atoms with Crippen molar-refractivity contribution in [2.75, 3.05) is 12.3 Å². The zero-order valence-corrected chi connectivity index (χ0v) is 11.5. The van der Waals surface area contributed by atoms with Crippen LogP contribution in [0.1, 0.15) is 24.0 Å². The lowest BCUT2D eigenvalue weighted by molar-refractivity contribution is 0.265. The molecule has 19 heavy (non-hydrogen) atoms. The highest BCUT2D eigenvalue weighted by atomic mass is 15.1. The van der Waals surface area contributed by atoms with Crippen LogP contribution in [0.5, 0.6) is 0 Å². The van der Waals surface area contributed by atoms with Crippen molar-refractivity contribution in [3.05, 3.63) is 53.6 Å². The molecule has 4 nitrogen and oxygen atoms in total. The fourth-order valence-electron chi connectivity index (χ4n) is 2.01. The first kappa shape index (κ1) is 13.5. The second kappa shape index (κ2) is 6.29. The summed E-state index contributed by atoms with van der Waals surface area (Å²) in [6, 6.07) is 9.85. The van der Waals surface area contributed by atoms with E-state index in [0.29, 0.717) is 0 Å². The van der Waals surface area contributed by atoms with Crippen LogP contribution in [-0.2, 0) is 13.1 Å². The zero-order chi connectivity index (χ0) is 13.7. The first-order valence-electron chi connectivity index (χ1n) is 6.52. The van der Waals surface area contributed by atoms with Crippen LogP contribution in [0.4, 0.5) is 5.69 Å². The summed E-state index contributed by atoms with van der Waals surface area (Å²) in [4.78, 5) is 11.2. The van der Waals surface area contributed by atoms with Crippen molar-refractivity contribution in [1.82, 2.24) is 14.9 Å². The summed E-state index contributed by atoms with van der Waals surface area (Å²) in [5.41, 5.74) is 9.67. The van der Waals surface area contributed by atoms with Gasteiger partial charge >= 0.3 is 0 Å². The van der Waals surface area contributed by atoms with Crippen LogP contribution in [0.3, 0.4) is 0 Å². The van der Waals surface area contributed by atoms with Crippen molar-refractivity contribution >= 4 is 5.69 Å². The number of nitrogen functional groups attached to an aromatic ring is 1. The van der Waals surface area contributed by atoms with Crippen LogP contribution in [0.2, 0.25) is 0 Å². The maximum atomic E-state index is 5.78. The third-order valence-corrected chi connectivity index (χ3v) is 3.01. The largest absolute Gasteiger partial charge is 0.399 e. The van der Waals surface area contributed by atoms with Crippen LogP contribution in [-0.4, -0.2) is 21.4 Å². The van der Waals surface area contributed by atoms with Gasteiger partial charge in [-0.25, -0.2) is 0 Å². The Morgan fingerprint density at radius 3 is 2.63 bits per heavy atom. The number of anilines is 1. The lowest BCUT2D eigenvalue weighted by atomic mass is 10.2. The molecule has 0 aliphatic rings. The molecule has 2 rings (SSSR count). The summed E-state index contributed by atoms with van der Waals surface area (Å²) >= 11 is 0. The smallest absolute Gasteiger partial charge is 0.0564 e. The molecule has 0 saturated heterocycles. The number of pyridine rings is 2. The zero-order valence-electron chi connectivity index (χ0n) is 11.5. The molecule has 2 N–H and O–H groups in total. The van der Waals surface area contributed by atoms with Gasteiger partial charge in [-0.2, -0.15) is 0 Å². The van der Waals surface area contributed by atoms with Gasteiger partial charge in [-0.3, -0.25) is 14.9 Å². The fourth-order valence-corrected chi connectivity index (χ4v) is 2.01. The fraction of sp³-hybridized carbons (Fsp3) is 0.333. The lowest BCUT2D eigenvalue weighted by Crippen LogP contribution is -2.23. The van der Waals surface area contributed by atoms with Crippen molar-refractivity contribution in [2.45, 2.75) is 26.9 Å². The van der Waals surface area contributed by atoms with Gasteiger partial charge in [0.1, 0.15) is 0 Å². The molecule has 0 unspecified atom stereocenters. The summed E-state index contributed by atoms with van der Waals surface area (Å²) in [6.45, 7) is 6.72. The molecule has 2 heterocycles. The summed E-state index contributed by atoms with van der Waals surface area (Å²) in [5, 5.41) is 0. The number of rotatable bonds is 5. The van der Waals surface area contributed by atoms with E-state index < -0.39 is 0 Å². The minimum atomic E-state index is 0.759. The molecule has 2 aromatic heterocycles. The van der Waals surface area contributed by atoms with E-state index in [1.807, 2.05) is 31.2 Å². The Labute approximate surface area is 114 Å². The third kappa shape index (κ3) is 4.03. The highest BCUT2D eigenvalue weighted by molar-refractivity contribution is 5.37. The molecule has 100 valence electrons. The summed E-state index contributed by atoms with van der Waals surface area (Å²) in [7, 11) is 0. The Kier molecular flexibility index (Phi) is 4.47. The van der Waals surface area contributed by atoms with E-state index in [2.05, 4.69) is 27.9 Å². The molecule has 0 aliphatic heterocycles. The van der Waals surface area contributed by atoms with Gasteiger partial charge in [-0.1, -0.05) is 13.0 Å². The molecule has 0 fully saturated rings. The number of aromatic nitrogens is 2. The number of nitrogens with zero attached hydrogens (tertiary/aromatic N) is 3. The van der Waals surface area contributed by atoms with Crippen molar-refractivity contribution in [3.63, 3.8) is 0 Å². The Balaban J connectivity index is 2.04. The average Bonchev–Trinajstić information content (AvgIpc) is 2.38. The topological polar surface area (TPSA) is 55.0 Å². The predicted octanol–water partition coefficient (Wildman–Crippen LogP) is 2.39. The molecule has 0 saturated carbocycles. The number of nitrogens with two attached hydrogens (primary N) is 1. The van der Waals surface area contributed by atoms with Crippen molar-refractivity contribution in [1.29, 1.82) is 0 Å². The normalized spacial score (nSPS) is 10.9. The van der Waals surface area contributed by atoms with Crippen molar-refractivity contribution < 1.29 is 0 Å². The van der Waals surface area contributed by atoms with Crippen LogP contribution < -0.4 is 5.73 Å². The highest BCUT2D eigenvalue weighted by Gasteiger charge is 2.07. The van der Waals surface area contributed by atoms with E-state index in [0.717, 1.165) is 42.4 Å². The summed E-state index contributed by atoms with van der Waals surface area (Å²) < 4.78 is 0. The second-order valence-corrected chi connectivity index (χ2v) is 4.65. The van der Waals surface area contributed by atoms with Crippen LogP contribution in [0, 0.1) is 6.92 Å². The highest BCUT2D eigenvalue weighted by Crippen LogP contribution is 2.09. The van der Waals surface area contributed by atoms with Gasteiger partial charge in [0.15, 0.2) is 0 Å². The Bertz CT molecular complexity index is 492. The van der Waals surface area contributed by atoms with E-state index in [-0.39, 0.29) is 0 Å². The van der Waals surface area contributed by atoms with Crippen LogP contribution in [0.25, 0.3) is 0 Å². The number of hydrogen-bond acceptors (Lipinski definition) is 4. The minimum absolute atomic E-state index is 0.759. The molecule has 0 spiro atoms. The van der Waals surface area contributed by atoms with Crippen molar-refractivity contribution in [3.8, 4) is 0 Å². The van der Waals surface area contributed by atoms with Gasteiger partial charge in [0.2, 0.25) is 0 Å². The standard InChI is InChI=1S/C15H20N4/c1-3-19(10-14-6-4-5-12(2)18-14)11-15-9-13(16)7-8-17-15/h4-9H,3,10-11H2,1-2H3,(H2,16,17). The quantitative estimate of drug-likeness (QED) is 0.892. The van der Waals surface area contributed by atoms with Crippen LogP contribution in [0.15, 0.2) is 36.5 Å². The average molecular weight is 256 g/mol. The van der Waals surface area contributed by atoms with E-state index in [1.165, 1.54) is 0 Å². The number of aryl methyl sites for hydroxylation is 1. The molecule has 0 atom stereocenters. The lowest BCUT2D eigenvalue weighted by Gasteiger charge is -2.19. The second-order valence-electron chi connectivity index (χ2n) is 4.65. The summed E-state index contributed by atoms with van der Waals surface area (Å²) in [5.74, 6) is 0. The van der Waals surface area contributed by atoms with Gasteiger partial charge < -0.3 is 5.73 Å². The SMILES string of the molecule is CCN(Cc1cc(N)ccn1)Cc1cccc(C)n1. The van der Waals surface area contributed by atoms with Crippen LogP contribution >= 0.6 is 0 Å².